The summed E-state index contributed by atoms with van der Waals surface area (Å²) >= 11 is 5.74. The first-order valence-corrected chi connectivity index (χ1v) is 8.93. The Bertz CT molecular complexity index is 857. The third-order valence-electron chi connectivity index (χ3n) is 4.41. The number of aromatic nitrogens is 2. The van der Waals surface area contributed by atoms with Crippen molar-refractivity contribution < 1.29 is 32.2 Å². The quantitative estimate of drug-likeness (QED) is 0.731. The maximum atomic E-state index is 13.6. The fraction of sp³-hybridized carbons (Fsp3) is 0.444. The molecule has 0 saturated heterocycles. The number of aliphatic carboxylic acids is 1. The van der Waals surface area contributed by atoms with Gasteiger partial charge < -0.3 is 14.4 Å². The Morgan fingerprint density at radius 2 is 2.03 bits per heavy atom. The Morgan fingerprint density at radius 3 is 2.59 bits per heavy atom. The Labute approximate surface area is 169 Å². The molecule has 1 aromatic carbocycles. The second kappa shape index (κ2) is 9.55. The highest BCUT2D eigenvalue weighted by Gasteiger charge is 2.38. The first-order chi connectivity index (χ1) is 13.5. The first kappa shape index (κ1) is 23.1. The van der Waals surface area contributed by atoms with Gasteiger partial charge in [0.15, 0.2) is 0 Å². The average molecular weight is 438 g/mol. The van der Waals surface area contributed by atoms with E-state index in [1.54, 1.807) is 13.2 Å². The fourth-order valence-electron chi connectivity index (χ4n) is 2.96. The summed E-state index contributed by atoms with van der Waals surface area (Å²) in [5, 5.41) is 7.29. The summed E-state index contributed by atoms with van der Waals surface area (Å²) in [4.78, 5) is 15.7. The van der Waals surface area contributed by atoms with Crippen LogP contribution in [0.1, 0.15) is 30.0 Å². The van der Waals surface area contributed by atoms with Crippen molar-refractivity contribution in [3.63, 3.8) is 0 Å². The molecule has 0 saturated carbocycles. The molecule has 0 spiro atoms. The molecule has 6 nitrogen and oxygen atoms in total. The van der Waals surface area contributed by atoms with Crippen molar-refractivity contribution in [1.82, 2.24) is 14.5 Å². The lowest BCUT2D eigenvalue weighted by Crippen LogP contribution is -2.37. The number of fused-ring (bicyclic) bond motifs is 1. The molecule has 29 heavy (non-hydrogen) atoms. The molecule has 1 aliphatic heterocycles. The molecule has 0 fully saturated rings. The number of nitrogens with zero attached hydrogens (tertiary/aromatic N) is 3. The van der Waals surface area contributed by atoms with Gasteiger partial charge >= 0.3 is 12.1 Å². The van der Waals surface area contributed by atoms with Crippen LogP contribution in [-0.4, -0.2) is 45.4 Å². The largest absolute Gasteiger partial charge is 0.490 e. The molecule has 1 unspecified atom stereocenters. The number of carbonyl (C=O) groups is 1. The van der Waals surface area contributed by atoms with Gasteiger partial charge in [-0.05, 0) is 24.6 Å². The summed E-state index contributed by atoms with van der Waals surface area (Å²) in [5.74, 6) is -2.09. The van der Waals surface area contributed by atoms with Gasteiger partial charge in [0.1, 0.15) is 11.6 Å². The molecular formula is C18H20ClF4N3O3. The average Bonchev–Trinajstić information content (AvgIpc) is 3.04. The number of rotatable bonds is 4. The van der Waals surface area contributed by atoms with Crippen molar-refractivity contribution in [2.45, 2.75) is 38.8 Å². The molecule has 11 heteroatoms. The predicted molar refractivity (Wildman–Crippen MR) is 96.9 cm³/mol. The van der Waals surface area contributed by atoms with E-state index in [9.17, 15) is 17.6 Å². The van der Waals surface area contributed by atoms with Crippen LogP contribution in [0.5, 0.6) is 0 Å². The third kappa shape index (κ3) is 5.91. The van der Waals surface area contributed by atoms with Crippen LogP contribution in [0.3, 0.4) is 0 Å². The first-order valence-electron chi connectivity index (χ1n) is 8.56. The van der Waals surface area contributed by atoms with Crippen LogP contribution >= 0.6 is 11.6 Å². The molecule has 0 amide bonds. The van der Waals surface area contributed by atoms with Gasteiger partial charge in [-0.3, -0.25) is 4.90 Å². The lowest BCUT2D eigenvalue weighted by molar-refractivity contribution is -0.192. The summed E-state index contributed by atoms with van der Waals surface area (Å²) in [7, 11) is 1.69. The van der Waals surface area contributed by atoms with Crippen LogP contribution < -0.4 is 0 Å². The van der Waals surface area contributed by atoms with Crippen molar-refractivity contribution in [1.29, 1.82) is 0 Å². The van der Waals surface area contributed by atoms with Crippen molar-refractivity contribution in [3.05, 3.63) is 52.3 Å². The molecule has 2 aromatic rings. The molecule has 1 aliphatic rings. The number of ether oxygens (including phenoxy) is 1. The van der Waals surface area contributed by atoms with E-state index in [1.807, 2.05) is 12.3 Å². The van der Waals surface area contributed by atoms with Crippen LogP contribution in [0.2, 0.25) is 5.02 Å². The molecular weight excluding hydrogens is 418 g/mol. The Kier molecular flexibility index (Phi) is 7.61. The summed E-state index contributed by atoms with van der Waals surface area (Å²) in [6.07, 6.45) is -3.21. The minimum atomic E-state index is -5.08. The van der Waals surface area contributed by atoms with Crippen molar-refractivity contribution in [2.24, 2.45) is 0 Å². The van der Waals surface area contributed by atoms with Gasteiger partial charge in [-0.15, -0.1) is 0 Å². The molecule has 1 aromatic heterocycles. The van der Waals surface area contributed by atoms with Crippen LogP contribution in [0, 0.1) is 5.82 Å². The van der Waals surface area contributed by atoms with E-state index in [1.165, 1.54) is 6.07 Å². The predicted octanol–water partition coefficient (Wildman–Crippen LogP) is 4.03. The number of hydrogen-bond donors (Lipinski definition) is 1. The number of benzene rings is 1. The van der Waals surface area contributed by atoms with E-state index < -0.39 is 12.1 Å². The maximum absolute atomic E-state index is 13.6. The summed E-state index contributed by atoms with van der Waals surface area (Å²) in [5.41, 5.74) is 2.02. The minimum Gasteiger partial charge on any atom is -0.475 e. The van der Waals surface area contributed by atoms with Crippen LogP contribution in [0.4, 0.5) is 17.6 Å². The molecule has 3 rings (SSSR count). The fourth-order valence-corrected chi connectivity index (χ4v) is 3.07. The molecule has 0 bridgehead atoms. The maximum Gasteiger partial charge on any atom is 0.490 e. The smallest absolute Gasteiger partial charge is 0.475 e. The lowest BCUT2D eigenvalue weighted by atomic mass is 10.1. The van der Waals surface area contributed by atoms with Crippen molar-refractivity contribution in [2.75, 3.05) is 13.7 Å². The number of alkyl halides is 3. The Morgan fingerprint density at radius 1 is 1.38 bits per heavy atom. The number of imidazole rings is 1. The normalized spacial score (nSPS) is 16.7. The highest BCUT2D eigenvalue weighted by molar-refractivity contribution is 6.30. The highest BCUT2D eigenvalue weighted by Crippen LogP contribution is 2.27. The SMILES string of the molecule is COCc1cnc2n1CCN(Cc1ccc(Cl)c(F)c1)C2C.O=C(O)C(F)(F)F. The van der Waals surface area contributed by atoms with E-state index in [0.717, 1.165) is 30.2 Å². The summed E-state index contributed by atoms with van der Waals surface area (Å²) in [6.45, 7) is 5.14. The topological polar surface area (TPSA) is 67.6 Å². The number of carboxylic acid groups (broad SMARTS) is 1. The van der Waals surface area contributed by atoms with Crippen LogP contribution in [-0.2, 0) is 29.2 Å². The Hall–Kier alpha value is -2.17. The van der Waals surface area contributed by atoms with Gasteiger partial charge in [0, 0.05) is 26.7 Å². The molecule has 160 valence electrons. The summed E-state index contributed by atoms with van der Waals surface area (Å²) < 4.78 is 52.7. The summed E-state index contributed by atoms with van der Waals surface area (Å²) in [6, 6.07) is 5.17. The van der Waals surface area contributed by atoms with E-state index in [-0.39, 0.29) is 16.9 Å². The van der Waals surface area contributed by atoms with Gasteiger partial charge in [0.05, 0.1) is 29.6 Å². The molecule has 0 aliphatic carbocycles. The van der Waals surface area contributed by atoms with E-state index in [4.69, 9.17) is 26.2 Å². The molecule has 2 heterocycles. The second-order valence-corrected chi connectivity index (χ2v) is 6.80. The van der Waals surface area contributed by atoms with Crippen LogP contribution in [0.15, 0.2) is 24.4 Å². The van der Waals surface area contributed by atoms with Crippen LogP contribution in [0.25, 0.3) is 0 Å². The molecule has 1 atom stereocenters. The third-order valence-corrected chi connectivity index (χ3v) is 4.71. The number of methoxy groups -OCH3 is 1. The second-order valence-electron chi connectivity index (χ2n) is 6.39. The van der Waals surface area contributed by atoms with Gasteiger partial charge in [0.25, 0.3) is 0 Å². The zero-order chi connectivity index (χ0) is 21.8. The number of carboxylic acids is 1. The minimum absolute atomic E-state index is 0.162. The van der Waals surface area contributed by atoms with Crippen molar-refractivity contribution in [3.8, 4) is 0 Å². The van der Waals surface area contributed by atoms with Gasteiger partial charge in [-0.1, -0.05) is 17.7 Å². The van der Waals surface area contributed by atoms with E-state index >= 15 is 0 Å². The number of hydrogen-bond acceptors (Lipinski definition) is 4. The van der Waals surface area contributed by atoms with E-state index in [0.29, 0.717) is 13.2 Å². The molecule has 0 radical (unpaired) electrons. The highest BCUT2D eigenvalue weighted by atomic mass is 35.5. The Balaban J connectivity index is 0.000000370. The lowest BCUT2D eigenvalue weighted by Gasteiger charge is -2.34. The standard InChI is InChI=1S/C16H19ClFN3O.C2HF3O2/c1-11-16-19-8-13(10-22-2)21(16)6-5-20(11)9-12-3-4-14(17)15(18)7-12;3-2(4,5)1(6)7/h3-4,7-8,11H,5-6,9-10H2,1-2H3;(H,6,7). The number of halogens is 5. The zero-order valence-electron chi connectivity index (χ0n) is 15.7. The molecule has 1 N–H and O–H groups in total. The zero-order valence-corrected chi connectivity index (χ0v) is 16.5. The van der Waals surface area contributed by atoms with E-state index in [2.05, 4.69) is 21.4 Å². The monoisotopic (exact) mass is 437 g/mol. The van der Waals surface area contributed by atoms with Gasteiger partial charge in [-0.25, -0.2) is 14.2 Å². The van der Waals surface area contributed by atoms with Crippen molar-refractivity contribution >= 4 is 17.6 Å². The van der Waals surface area contributed by atoms with Gasteiger partial charge in [-0.2, -0.15) is 13.2 Å². The van der Waals surface area contributed by atoms with Gasteiger partial charge in [0.2, 0.25) is 0 Å².